The van der Waals surface area contributed by atoms with E-state index in [-0.39, 0.29) is 0 Å². The predicted octanol–water partition coefficient (Wildman–Crippen LogP) is 2.22. The minimum absolute atomic E-state index is 0.630. The van der Waals surface area contributed by atoms with Crippen molar-refractivity contribution in [2.24, 2.45) is 0 Å². The van der Waals surface area contributed by atoms with E-state index >= 15 is 0 Å². The van der Waals surface area contributed by atoms with Gasteiger partial charge in [0, 0.05) is 25.7 Å². The fourth-order valence-corrected chi connectivity index (χ4v) is 2.71. The molecule has 1 aliphatic heterocycles. The molecule has 0 saturated carbocycles. The molecule has 1 aromatic rings. The first-order valence-corrected chi connectivity index (χ1v) is 7.81. The van der Waals surface area contributed by atoms with Gasteiger partial charge in [-0.1, -0.05) is 6.92 Å². The summed E-state index contributed by atoms with van der Waals surface area (Å²) in [5.41, 5.74) is 1.27. The highest BCUT2D eigenvalue weighted by Gasteiger charge is 2.21. The number of piperazine rings is 1. The van der Waals surface area contributed by atoms with Gasteiger partial charge in [-0.3, -0.25) is 4.90 Å². The summed E-state index contributed by atoms with van der Waals surface area (Å²) in [6, 6.07) is 2.83. The van der Waals surface area contributed by atoms with E-state index in [1.165, 1.54) is 5.56 Å². The Morgan fingerprint density at radius 2 is 2.20 bits per heavy atom. The maximum atomic E-state index is 6.01. The topological polar surface area (TPSA) is 31.7 Å². The van der Waals surface area contributed by atoms with Gasteiger partial charge in [0.25, 0.3) is 0 Å². The third-order valence-corrected chi connectivity index (χ3v) is 4.21. The SMILES string of the molecule is CCCNCc1oc(CN2CCN(C)C(C)C2)cc1C. The summed E-state index contributed by atoms with van der Waals surface area (Å²) < 4.78 is 6.01. The summed E-state index contributed by atoms with van der Waals surface area (Å²) in [5, 5.41) is 3.41. The van der Waals surface area contributed by atoms with Crippen molar-refractivity contribution in [3.63, 3.8) is 0 Å². The van der Waals surface area contributed by atoms with Gasteiger partial charge >= 0.3 is 0 Å². The molecule has 0 amide bonds. The Labute approximate surface area is 123 Å². The van der Waals surface area contributed by atoms with Crippen LogP contribution in [0.2, 0.25) is 0 Å². The zero-order valence-corrected chi connectivity index (χ0v) is 13.4. The molecule has 1 unspecified atom stereocenters. The Morgan fingerprint density at radius 3 is 2.90 bits per heavy atom. The first-order valence-electron chi connectivity index (χ1n) is 7.81. The van der Waals surface area contributed by atoms with Crippen LogP contribution in [0.15, 0.2) is 10.5 Å². The third-order valence-electron chi connectivity index (χ3n) is 4.21. The van der Waals surface area contributed by atoms with E-state index in [0.29, 0.717) is 6.04 Å². The molecule has 0 radical (unpaired) electrons. The van der Waals surface area contributed by atoms with Crippen molar-refractivity contribution in [1.82, 2.24) is 15.1 Å². The summed E-state index contributed by atoms with van der Waals surface area (Å²) in [7, 11) is 2.20. The average Bonchev–Trinajstić information content (AvgIpc) is 2.75. The van der Waals surface area contributed by atoms with Gasteiger partial charge in [-0.25, -0.2) is 0 Å². The minimum atomic E-state index is 0.630. The molecule has 1 fully saturated rings. The van der Waals surface area contributed by atoms with E-state index in [9.17, 15) is 0 Å². The van der Waals surface area contributed by atoms with Crippen molar-refractivity contribution < 1.29 is 4.42 Å². The van der Waals surface area contributed by atoms with Gasteiger partial charge in [0.2, 0.25) is 0 Å². The molecule has 0 spiro atoms. The second kappa shape index (κ2) is 7.25. The van der Waals surface area contributed by atoms with Crippen LogP contribution < -0.4 is 5.32 Å². The smallest absolute Gasteiger partial charge is 0.120 e. The lowest BCUT2D eigenvalue weighted by Crippen LogP contribution is -2.49. The van der Waals surface area contributed by atoms with Gasteiger partial charge in [0.1, 0.15) is 11.5 Å². The van der Waals surface area contributed by atoms with Crippen LogP contribution >= 0.6 is 0 Å². The van der Waals surface area contributed by atoms with Crippen molar-refractivity contribution in [3.8, 4) is 0 Å². The van der Waals surface area contributed by atoms with E-state index in [4.69, 9.17) is 4.42 Å². The Hall–Kier alpha value is -0.840. The maximum Gasteiger partial charge on any atom is 0.120 e. The number of nitrogens with zero attached hydrogens (tertiary/aromatic N) is 2. The lowest BCUT2D eigenvalue weighted by molar-refractivity contribution is 0.0943. The zero-order chi connectivity index (χ0) is 14.5. The second-order valence-electron chi connectivity index (χ2n) is 6.06. The molecule has 4 nitrogen and oxygen atoms in total. The van der Waals surface area contributed by atoms with Crippen molar-refractivity contribution in [1.29, 1.82) is 0 Å². The zero-order valence-electron chi connectivity index (χ0n) is 13.4. The number of likely N-dealkylation sites (N-methyl/N-ethyl adjacent to an activating group) is 1. The standard InChI is InChI=1S/C16H29N3O/c1-5-6-17-10-16-13(2)9-15(20-16)12-19-8-7-18(4)14(3)11-19/h9,14,17H,5-8,10-12H2,1-4H3. The molecule has 2 rings (SSSR count). The number of rotatable bonds is 6. The highest BCUT2D eigenvalue weighted by molar-refractivity contribution is 5.20. The van der Waals surface area contributed by atoms with Crippen LogP contribution in [-0.4, -0.2) is 49.1 Å². The molecule has 0 aromatic carbocycles. The average molecular weight is 279 g/mol. The lowest BCUT2D eigenvalue weighted by Gasteiger charge is -2.37. The maximum absolute atomic E-state index is 6.01. The summed E-state index contributed by atoms with van der Waals surface area (Å²) in [5.74, 6) is 2.20. The van der Waals surface area contributed by atoms with Gasteiger partial charge in [0.15, 0.2) is 0 Å². The van der Waals surface area contributed by atoms with E-state index in [2.05, 4.69) is 49.0 Å². The summed E-state index contributed by atoms with van der Waals surface area (Å²) >= 11 is 0. The minimum Gasteiger partial charge on any atom is -0.463 e. The Balaban J connectivity index is 1.88. The first kappa shape index (κ1) is 15.5. The third kappa shape index (κ3) is 4.08. The summed E-state index contributed by atoms with van der Waals surface area (Å²) in [4.78, 5) is 4.91. The quantitative estimate of drug-likeness (QED) is 0.809. The Bertz CT molecular complexity index is 416. The lowest BCUT2D eigenvalue weighted by atomic mass is 10.2. The van der Waals surface area contributed by atoms with E-state index in [0.717, 1.165) is 57.2 Å². The largest absolute Gasteiger partial charge is 0.463 e. The molecule has 1 atom stereocenters. The van der Waals surface area contributed by atoms with Gasteiger partial charge in [-0.2, -0.15) is 0 Å². The molecular formula is C16H29N3O. The molecule has 1 saturated heterocycles. The van der Waals surface area contributed by atoms with Crippen LogP contribution in [0.25, 0.3) is 0 Å². The van der Waals surface area contributed by atoms with Crippen LogP contribution in [0.4, 0.5) is 0 Å². The fourth-order valence-electron chi connectivity index (χ4n) is 2.71. The second-order valence-corrected chi connectivity index (χ2v) is 6.06. The van der Waals surface area contributed by atoms with Gasteiger partial charge in [-0.05, 0) is 45.5 Å². The van der Waals surface area contributed by atoms with Crippen molar-refractivity contribution in [3.05, 3.63) is 23.2 Å². The van der Waals surface area contributed by atoms with Crippen LogP contribution in [0.3, 0.4) is 0 Å². The molecule has 114 valence electrons. The molecule has 4 heteroatoms. The van der Waals surface area contributed by atoms with Crippen LogP contribution in [0.5, 0.6) is 0 Å². The molecule has 1 aliphatic rings. The van der Waals surface area contributed by atoms with Gasteiger partial charge in [0.05, 0.1) is 13.1 Å². The number of aryl methyl sites for hydroxylation is 1. The summed E-state index contributed by atoms with van der Waals surface area (Å²) in [6.07, 6.45) is 1.16. The van der Waals surface area contributed by atoms with Crippen molar-refractivity contribution in [2.45, 2.75) is 46.3 Å². The molecule has 2 heterocycles. The Morgan fingerprint density at radius 1 is 1.40 bits per heavy atom. The number of hydrogen-bond donors (Lipinski definition) is 1. The predicted molar refractivity (Wildman–Crippen MR) is 82.8 cm³/mol. The molecular weight excluding hydrogens is 250 g/mol. The highest BCUT2D eigenvalue weighted by atomic mass is 16.3. The van der Waals surface area contributed by atoms with Crippen LogP contribution in [0, 0.1) is 6.92 Å². The van der Waals surface area contributed by atoms with E-state index in [1.54, 1.807) is 0 Å². The normalized spacial score (nSPS) is 21.5. The highest BCUT2D eigenvalue weighted by Crippen LogP contribution is 2.18. The Kier molecular flexibility index (Phi) is 5.64. The van der Waals surface area contributed by atoms with Crippen molar-refractivity contribution >= 4 is 0 Å². The van der Waals surface area contributed by atoms with Crippen LogP contribution in [-0.2, 0) is 13.1 Å². The monoisotopic (exact) mass is 279 g/mol. The van der Waals surface area contributed by atoms with E-state index < -0.39 is 0 Å². The number of nitrogens with one attached hydrogen (secondary N) is 1. The first-order chi connectivity index (χ1) is 9.60. The number of furan rings is 1. The van der Waals surface area contributed by atoms with Crippen LogP contribution in [0.1, 0.15) is 37.4 Å². The fraction of sp³-hybridized carbons (Fsp3) is 0.750. The summed E-state index contributed by atoms with van der Waals surface area (Å²) in [6.45, 7) is 12.8. The molecule has 1 aromatic heterocycles. The van der Waals surface area contributed by atoms with Gasteiger partial charge < -0.3 is 14.6 Å². The van der Waals surface area contributed by atoms with E-state index in [1.807, 2.05) is 0 Å². The molecule has 20 heavy (non-hydrogen) atoms. The molecule has 0 aliphatic carbocycles. The molecule has 0 bridgehead atoms. The molecule has 1 N–H and O–H groups in total. The van der Waals surface area contributed by atoms with Gasteiger partial charge in [-0.15, -0.1) is 0 Å². The van der Waals surface area contributed by atoms with Crippen molar-refractivity contribution in [2.75, 3.05) is 33.2 Å². The number of hydrogen-bond acceptors (Lipinski definition) is 4.